The van der Waals surface area contributed by atoms with Crippen molar-refractivity contribution in [3.63, 3.8) is 0 Å². The number of cyclic esters (lactones) is 1. The molecule has 0 spiro atoms. The van der Waals surface area contributed by atoms with E-state index in [1.165, 1.54) is 11.0 Å². The Labute approximate surface area is 316 Å². The van der Waals surface area contributed by atoms with Crippen molar-refractivity contribution in [2.45, 2.75) is 142 Å². The SMILES string of the molecule is C=C[C@@H](C(=O)N1C(=O)OC[C@H]1C(C)C)[C@@H](O)[C@H](CO[Si](C)(C)C(C)(C)C)[C@H](O[Si](CC)(CC)CC)[C@@]1(C)O[C@@H]1[C@@H](C)COCc1ccc(OC)cc1. The molecule has 2 aliphatic heterocycles. The number of hydrogen-bond acceptors (Lipinski definition) is 9. The van der Waals surface area contributed by atoms with Gasteiger partial charge in [-0.05, 0) is 66.8 Å². The molecule has 0 aliphatic carbocycles. The number of aliphatic hydroxyl groups is 1. The molecule has 0 bridgehead atoms. The molecule has 1 aromatic rings. The highest BCUT2D eigenvalue weighted by Crippen LogP contribution is 2.50. The van der Waals surface area contributed by atoms with Gasteiger partial charge in [0.1, 0.15) is 18.0 Å². The maximum atomic E-state index is 14.3. The van der Waals surface area contributed by atoms with Gasteiger partial charge in [-0.1, -0.05) is 80.5 Å². The number of amides is 2. The van der Waals surface area contributed by atoms with Crippen LogP contribution in [0.15, 0.2) is 36.9 Å². The summed E-state index contributed by atoms with van der Waals surface area (Å²) in [6.07, 6.45) is -1.33. The summed E-state index contributed by atoms with van der Waals surface area (Å²) in [6.45, 7) is 30.7. The van der Waals surface area contributed by atoms with E-state index >= 15 is 0 Å². The zero-order valence-electron chi connectivity index (χ0n) is 34.3. The Morgan fingerprint density at radius 2 is 1.69 bits per heavy atom. The Kier molecular flexibility index (Phi) is 15.4. The molecular weight excluding hydrogens is 695 g/mol. The van der Waals surface area contributed by atoms with Crippen LogP contribution < -0.4 is 4.74 Å². The molecule has 0 aromatic heterocycles. The number of nitrogens with zero attached hydrogens (tertiary/aromatic N) is 1. The first-order valence-corrected chi connectivity index (χ1v) is 24.7. The average molecular weight is 764 g/mol. The summed E-state index contributed by atoms with van der Waals surface area (Å²) in [4.78, 5) is 28.4. The summed E-state index contributed by atoms with van der Waals surface area (Å²) in [5.41, 5.74) is 0.260. The quantitative estimate of drug-likeness (QED) is 0.0752. The largest absolute Gasteiger partial charge is 0.497 e. The third-order valence-electron chi connectivity index (χ3n) is 12.2. The number of epoxide rings is 1. The lowest BCUT2D eigenvalue weighted by Crippen LogP contribution is -2.57. The number of benzene rings is 1. The van der Waals surface area contributed by atoms with Gasteiger partial charge in [0.25, 0.3) is 0 Å². The van der Waals surface area contributed by atoms with E-state index in [-0.39, 0.29) is 36.2 Å². The number of hydrogen-bond donors (Lipinski definition) is 1. The zero-order chi connectivity index (χ0) is 39.2. The third kappa shape index (κ3) is 9.97. The second-order valence-electron chi connectivity index (χ2n) is 16.9. The molecule has 0 unspecified atom stereocenters. The molecule has 2 heterocycles. The summed E-state index contributed by atoms with van der Waals surface area (Å²) in [5, 5.41) is 12.4. The van der Waals surface area contributed by atoms with Gasteiger partial charge in [-0.25, -0.2) is 9.69 Å². The van der Waals surface area contributed by atoms with Crippen LogP contribution in [0.25, 0.3) is 0 Å². The molecule has 2 aliphatic rings. The van der Waals surface area contributed by atoms with Gasteiger partial charge in [0.15, 0.2) is 16.6 Å². The standard InChI is InChI=1S/C40H69NO9Si2/c1-15-31(37(43)41-33(27(5)6)26-47-38(41)44)34(42)32(25-48-51(13,14)39(8,9)10)36(50-52(16-2,17-3)18-4)40(11)35(49-40)28(7)23-46-24-29-19-21-30(45-12)22-20-29/h15,19-22,27-28,31-36,42H,1,16-18,23-26H2,2-14H3/t28-,31+,32-,33-,34+,35+,36-,40-/m0/s1. The fourth-order valence-corrected chi connectivity index (χ4v) is 11.1. The lowest BCUT2D eigenvalue weighted by Gasteiger charge is -2.44. The van der Waals surface area contributed by atoms with Crippen LogP contribution in [0.3, 0.4) is 0 Å². The Balaban J connectivity index is 2.02. The molecule has 0 saturated carbocycles. The predicted octanol–water partition coefficient (Wildman–Crippen LogP) is 8.20. The van der Waals surface area contributed by atoms with Crippen LogP contribution in [0.1, 0.15) is 74.8 Å². The van der Waals surface area contributed by atoms with Gasteiger partial charge < -0.3 is 32.9 Å². The predicted molar refractivity (Wildman–Crippen MR) is 210 cm³/mol. The number of aliphatic hydroxyl groups excluding tert-OH is 1. The van der Waals surface area contributed by atoms with Crippen molar-refractivity contribution < 1.29 is 42.5 Å². The van der Waals surface area contributed by atoms with Crippen molar-refractivity contribution in [1.82, 2.24) is 4.90 Å². The minimum absolute atomic E-state index is 0.0115. The average Bonchev–Trinajstić information content (AvgIpc) is 3.64. The molecule has 296 valence electrons. The highest BCUT2D eigenvalue weighted by Gasteiger charge is 2.64. The minimum atomic E-state index is -2.33. The maximum Gasteiger partial charge on any atom is 0.417 e. The summed E-state index contributed by atoms with van der Waals surface area (Å²) in [7, 11) is -3.00. The fourth-order valence-electron chi connectivity index (χ4n) is 7.10. The molecule has 8 atom stereocenters. The molecular formula is C40H69NO9Si2. The van der Waals surface area contributed by atoms with E-state index < -0.39 is 64.3 Å². The first kappa shape index (κ1) is 44.3. The summed E-state index contributed by atoms with van der Waals surface area (Å²) in [6, 6.07) is 10.1. The topological polar surface area (TPSA) is 116 Å². The number of ether oxygens (including phenoxy) is 4. The minimum Gasteiger partial charge on any atom is -0.497 e. The number of imide groups is 1. The Hall–Kier alpha value is -2.07. The van der Waals surface area contributed by atoms with Gasteiger partial charge in [-0.15, -0.1) is 6.58 Å². The lowest BCUT2D eigenvalue weighted by molar-refractivity contribution is -0.139. The van der Waals surface area contributed by atoms with E-state index in [0.29, 0.717) is 13.2 Å². The normalized spacial score (nSPS) is 23.9. The van der Waals surface area contributed by atoms with E-state index in [4.69, 9.17) is 27.8 Å². The fraction of sp³-hybridized carbons (Fsp3) is 0.750. The van der Waals surface area contributed by atoms with Gasteiger partial charge in [0.05, 0.1) is 50.6 Å². The van der Waals surface area contributed by atoms with Crippen molar-refractivity contribution >= 4 is 28.6 Å². The molecule has 52 heavy (non-hydrogen) atoms. The summed E-state index contributed by atoms with van der Waals surface area (Å²) in [5.74, 6) is -1.51. The van der Waals surface area contributed by atoms with Crippen LogP contribution in [0.4, 0.5) is 4.79 Å². The van der Waals surface area contributed by atoms with Crippen LogP contribution in [0.2, 0.25) is 36.3 Å². The second-order valence-corrected chi connectivity index (χ2v) is 26.5. The number of carbonyl (C=O) groups is 2. The Bertz CT molecular complexity index is 1320. The van der Waals surface area contributed by atoms with E-state index in [9.17, 15) is 14.7 Å². The summed E-state index contributed by atoms with van der Waals surface area (Å²) < 4.78 is 37.7. The van der Waals surface area contributed by atoms with Crippen molar-refractivity contribution in [3.05, 3.63) is 42.5 Å². The summed E-state index contributed by atoms with van der Waals surface area (Å²) >= 11 is 0. The molecule has 1 aromatic carbocycles. The highest BCUT2D eigenvalue weighted by molar-refractivity contribution is 6.74. The molecule has 3 rings (SSSR count). The molecule has 0 radical (unpaired) electrons. The number of rotatable bonds is 21. The first-order chi connectivity index (χ1) is 24.3. The molecule has 1 N–H and O–H groups in total. The van der Waals surface area contributed by atoms with Gasteiger partial charge >= 0.3 is 6.09 Å². The highest BCUT2D eigenvalue weighted by atomic mass is 28.4. The van der Waals surface area contributed by atoms with Gasteiger partial charge in [0, 0.05) is 18.4 Å². The number of methoxy groups -OCH3 is 1. The third-order valence-corrected chi connectivity index (χ3v) is 21.3. The van der Waals surface area contributed by atoms with Crippen molar-refractivity contribution in [1.29, 1.82) is 0 Å². The van der Waals surface area contributed by atoms with Crippen molar-refractivity contribution in [2.75, 3.05) is 26.9 Å². The van der Waals surface area contributed by atoms with Crippen LogP contribution in [0.5, 0.6) is 5.75 Å². The van der Waals surface area contributed by atoms with Gasteiger partial charge in [0.2, 0.25) is 5.91 Å². The van der Waals surface area contributed by atoms with Crippen LogP contribution in [0, 0.1) is 23.7 Å². The van der Waals surface area contributed by atoms with Crippen molar-refractivity contribution in [3.8, 4) is 5.75 Å². The molecule has 2 amide bonds. The second kappa shape index (κ2) is 18.0. The van der Waals surface area contributed by atoms with E-state index in [1.807, 2.05) is 38.1 Å². The van der Waals surface area contributed by atoms with E-state index in [1.54, 1.807) is 7.11 Å². The van der Waals surface area contributed by atoms with E-state index in [2.05, 4.69) is 75.1 Å². The van der Waals surface area contributed by atoms with Crippen LogP contribution >= 0.6 is 0 Å². The molecule has 12 heteroatoms. The van der Waals surface area contributed by atoms with E-state index in [0.717, 1.165) is 29.4 Å². The lowest BCUT2D eigenvalue weighted by atomic mass is 9.79. The van der Waals surface area contributed by atoms with Gasteiger partial charge in [-0.3, -0.25) is 4.79 Å². The van der Waals surface area contributed by atoms with Crippen LogP contribution in [-0.4, -0.2) is 95.5 Å². The Morgan fingerprint density at radius 1 is 1.10 bits per heavy atom. The molecule has 2 saturated heterocycles. The maximum absolute atomic E-state index is 14.3. The monoisotopic (exact) mass is 763 g/mol. The Morgan fingerprint density at radius 3 is 2.19 bits per heavy atom. The molecule has 2 fully saturated rings. The number of carbonyl (C=O) groups excluding carboxylic acids is 2. The van der Waals surface area contributed by atoms with Crippen molar-refractivity contribution in [2.24, 2.45) is 23.7 Å². The smallest absolute Gasteiger partial charge is 0.417 e. The van der Waals surface area contributed by atoms with Gasteiger partial charge in [-0.2, -0.15) is 0 Å². The zero-order valence-corrected chi connectivity index (χ0v) is 36.3. The molecule has 10 nitrogen and oxygen atoms in total. The first-order valence-electron chi connectivity index (χ1n) is 19.3. The van der Waals surface area contributed by atoms with Crippen LogP contribution in [-0.2, 0) is 34.5 Å².